The summed E-state index contributed by atoms with van der Waals surface area (Å²) in [6.45, 7) is 2.22. The molecule has 0 radical (unpaired) electrons. The molecule has 1 unspecified atom stereocenters. The van der Waals surface area contributed by atoms with Gasteiger partial charge in [0, 0.05) is 24.3 Å². The highest BCUT2D eigenvalue weighted by atomic mass is 35.5. The Morgan fingerprint density at radius 2 is 2.00 bits per heavy atom. The van der Waals surface area contributed by atoms with Crippen molar-refractivity contribution in [2.24, 2.45) is 5.92 Å². The minimum absolute atomic E-state index is 0. The zero-order valence-electron chi connectivity index (χ0n) is 14.7. The van der Waals surface area contributed by atoms with E-state index in [1.807, 2.05) is 31.2 Å². The lowest BCUT2D eigenvalue weighted by molar-refractivity contribution is -0.122. The third-order valence-corrected chi connectivity index (χ3v) is 4.39. The molecule has 2 aromatic rings. The number of anilines is 3. The monoisotopic (exact) mass is 375 g/mol. The van der Waals surface area contributed by atoms with E-state index in [-0.39, 0.29) is 30.6 Å². The maximum atomic E-state index is 12.6. The number of hydrogen-bond acceptors (Lipinski definition) is 4. The Morgan fingerprint density at radius 3 is 2.73 bits per heavy atom. The fraction of sp³-hybridized carbons (Fsp3) is 0.263. The number of rotatable bonds is 4. The molecule has 7 heteroatoms. The van der Waals surface area contributed by atoms with Gasteiger partial charge in [-0.1, -0.05) is 18.2 Å². The number of ether oxygens (including phenoxy) is 1. The zero-order valence-corrected chi connectivity index (χ0v) is 15.5. The Kier molecular flexibility index (Phi) is 6.10. The van der Waals surface area contributed by atoms with Crippen molar-refractivity contribution in [3.63, 3.8) is 0 Å². The summed E-state index contributed by atoms with van der Waals surface area (Å²) in [4.78, 5) is 26.6. The summed E-state index contributed by atoms with van der Waals surface area (Å²) < 4.78 is 5.32. The number of methoxy groups -OCH3 is 1. The molecule has 0 bridgehead atoms. The minimum Gasteiger partial charge on any atom is -0.495 e. The fourth-order valence-corrected chi connectivity index (χ4v) is 2.98. The lowest BCUT2D eigenvalue weighted by Gasteiger charge is -2.19. The molecule has 2 amide bonds. The highest BCUT2D eigenvalue weighted by Crippen LogP contribution is 2.33. The van der Waals surface area contributed by atoms with Crippen LogP contribution in [0.4, 0.5) is 17.1 Å². The van der Waals surface area contributed by atoms with Crippen molar-refractivity contribution < 1.29 is 14.3 Å². The number of aryl methyl sites for hydroxylation is 1. The highest BCUT2D eigenvalue weighted by molar-refractivity contribution is 6.04. The zero-order chi connectivity index (χ0) is 18.0. The maximum absolute atomic E-state index is 12.6. The van der Waals surface area contributed by atoms with Crippen molar-refractivity contribution in [1.29, 1.82) is 0 Å². The molecule has 3 rings (SSSR count). The van der Waals surface area contributed by atoms with Gasteiger partial charge in [-0.25, -0.2) is 0 Å². The average Bonchev–Trinajstić information content (AvgIpc) is 3.00. The normalized spacial score (nSPS) is 16.2. The van der Waals surface area contributed by atoms with E-state index < -0.39 is 5.92 Å². The molecule has 2 aromatic carbocycles. The number of carbonyl (C=O) groups excluding carboxylic acids is 2. The first-order chi connectivity index (χ1) is 12.0. The number of nitrogens with zero attached hydrogens (tertiary/aromatic N) is 1. The number of nitrogen functional groups attached to an aromatic ring is 1. The molecule has 0 saturated carbocycles. The van der Waals surface area contributed by atoms with Crippen LogP contribution >= 0.6 is 12.4 Å². The van der Waals surface area contributed by atoms with Crippen LogP contribution in [0.1, 0.15) is 12.0 Å². The number of hydrogen-bond donors (Lipinski definition) is 2. The van der Waals surface area contributed by atoms with Gasteiger partial charge in [0.25, 0.3) is 0 Å². The van der Waals surface area contributed by atoms with Gasteiger partial charge in [-0.2, -0.15) is 0 Å². The van der Waals surface area contributed by atoms with E-state index in [0.717, 1.165) is 5.56 Å². The van der Waals surface area contributed by atoms with Crippen LogP contribution in [0.25, 0.3) is 0 Å². The van der Waals surface area contributed by atoms with Gasteiger partial charge in [-0.3, -0.25) is 9.59 Å². The van der Waals surface area contributed by atoms with Gasteiger partial charge in [-0.15, -0.1) is 12.4 Å². The Labute approximate surface area is 158 Å². The molecular weight excluding hydrogens is 354 g/mol. The topological polar surface area (TPSA) is 84.7 Å². The molecular formula is C19H22ClN3O3. The third-order valence-electron chi connectivity index (χ3n) is 4.39. The van der Waals surface area contributed by atoms with Gasteiger partial charge < -0.3 is 20.7 Å². The molecule has 1 aliphatic rings. The van der Waals surface area contributed by atoms with Crippen LogP contribution in [0.3, 0.4) is 0 Å². The van der Waals surface area contributed by atoms with E-state index in [0.29, 0.717) is 29.4 Å². The summed E-state index contributed by atoms with van der Waals surface area (Å²) in [5.41, 5.74) is 8.65. The molecule has 1 fully saturated rings. The Balaban J connectivity index is 0.00000243. The quantitative estimate of drug-likeness (QED) is 0.804. The van der Waals surface area contributed by atoms with Crippen molar-refractivity contribution >= 4 is 41.3 Å². The summed E-state index contributed by atoms with van der Waals surface area (Å²) in [5, 5.41) is 2.89. The highest BCUT2D eigenvalue weighted by Gasteiger charge is 2.36. The molecule has 1 saturated heterocycles. The summed E-state index contributed by atoms with van der Waals surface area (Å²) >= 11 is 0. The van der Waals surface area contributed by atoms with E-state index >= 15 is 0 Å². The molecule has 3 N–H and O–H groups in total. The molecule has 0 aromatic heterocycles. The van der Waals surface area contributed by atoms with Gasteiger partial charge in [-0.05, 0) is 36.8 Å². The standard InChI is InChI=1S/C19H21N3O3.ClH/c1-12-7-8-14(20)10-15(12)21-19(24)13-9-18(23)22(11-13)16-5-3-4-6-17(16)25-2;/h3-8,10,13H,9,11,20H2,1-2H3,(H,21,24);1H. The van der Waals surface area contributed by atoms with Crippen LogP contribution in [0.5, 0.6) is 5.75 Å². The number of para-hydroxylation sites is 2. The maximum Gasteiger partial charge on any atom is 0.229 e. The third kappa shape index (κ3) is 3.91. The molecule has 26 heavy (non-hydrogen) atoms. The SMILES string of the molecule is COc1ccccc1N1CC(C(=O)Nc2cc(N)ccc2C)CC1=O.Cl. The first kappa shape index (κ1) is 19.6. The second kappa shape index (κ2) is 8.10. The number of nitrogens with two attached hydrogens (primary N) is 1. The number of nitrogens with one attached hydrogen (secondary N) is 1. The summed E-state index contributed by atoms with van der Waals surface area (Å²) in [6.07, 6.45) is 0.172. The molecule has 1 heterocycles. The lowest BCUT2D eigenvalue weighted by atomic mass is 10.1. The number of carbonyl (C=O) groups is 2. The van der Waals surface area contributed by atoms with Crippen molar-refractivity contribution in [2.75, 3.05) is 29.6 Å². The van der Waals surface area contributed by atoms with Crippen molar-refractivity contribution in [1.82, 2.24) is 0 Å². The number of amides is 2. The molecule has 1 atom stereocenters. The Morgan fingerprint density at radius 1 is 1.27 bits per heavy atom. The molecule has 6 nitrogen and oxygen atoms in total. The van der Waals surface area contributed by atoms with Crippen LogP contribution < -0.4 is 20.7 Å². The van der Waals surface area contributed by atoms with E-state index in [1.54, 1.807) is 30.2 Å². The molecule has 138 valence electrons. The van der Waals surface area contributed by atoms with Crippen molar-refractivity contribution in [2.45, 2.75) is 13.3 Å². The smallest absolute Gasteiger partial charge is 0.229 e. The Hall–Kier alpha value is -2.73. The van der Waals surface area contributed by atoms with Gasteiger partial charge in [0.2, 0.25) is 11.8 Å². The fourth-order valence-electron chi connectivity index (χ4n) is 2.98. The number of benzene rings is 2. The molecule has 0 spiro atoms. The summed E-state index contributed by atoms with van der Waals surface area (Å²) in [5.74, 6) is -0.0739. The van der Waals surface area contributed by atoms with Crippen LogP contribution in [0.15, 0.2) is 42.5 Å². The second-order valence-electron chi connectivity index (χ2n) is 6.14. The van der Waals surface area contributed by atoms with Gasteiger partial charge in [0.1, 0.15) is 5.75 Å². The predicted octanol–water partition coefficient (Wildman–Crippen LogP) is 3.00. The van der Waals surface area contributed by atoms with Gasteiger partial charge >= 0.3 is 0 Å². The Bertz CT molecular complexity index is 825. The van der Waals surface area contributed by atoms with Crippen molar-refractivity contribution in [3.05, 3.63) is 48.0 Å². The van der Waals surface area contributed by atoms with Crippen LogP contribution in [-0.2, 0) is 9.59 Å². The van der Waals surface area contributed by atoms with E-state index in [4.69, 9.17) is 10.5 Å². The van der Waals surface area contributed by atoms with E-state index in [9.17, 15) is 9.59 Å². The van der Waals surface area contributed by atoms with Crippen LogP contribution in [0, 0.1) is 12.8 Å². The largest absolute Gasteiger partial charge is 0.495 e. The van der Waals surface area contributed by atoms with Crippen molar-refractivity contribution in [3.8, 4) is 5.75 Å². The second-order valence-corrected chi connectivity index (χ2v) is 6.14. The minimum atomic E-state index is -0.418. The van der Waals surface area contributed by atoms with Gasteiger partial charge in [0.05, 0.1) is 18.7 Å². The molecule has 1 aliphatic heterocycles. The number of halogens is 1. The lowest BCUT2D eigenvalue weighted by Crippen LogP contribution is -2.28. The summed E-state index contributed by atoms with van der Waals surface area (Å²) in [7, 11) is 1.56. The van der Waals surface area contributed by atoms with E-state index in [1.165, 1.54) is 0 Å². The van der Waals surface area contributed by atoms with Gasteiger partial charge in [0.15, 0.2) is 0 Å². The predicted molar refractivity (Wildman–Crippen MR) is 105 cm³/mol. The summed E-state index contributed by atoms with van der Waals surface area (Å²) in [6, 6.07) is 12.7. The van der Waals surface area contributed by atoms with E-state index in [2.05, 4.69) is 5.32 Å². The average molecular weight is 376 g/mol. The first-order valence-electron chi connectivity index (χ1n) is 8.10. The first-order valence-corrected chi connectivity index (χ1v) is 8.10. The van der Waals surface area contributed by atoms with Crippen LogP contribution in [0.2, 0.25) is 0 Å². The molecule has 0 aliphatic carbocycles. The van der Waals surface area contributed by atoms with Crippen LogP contribution in [-0.4, -0.2) is 25.5 Å².